The van der Waals surface area contributed by atoms with Gasteiger partial charge < -0.3 is 29.5 Å². The van der Waals surface area contributed by atoms with Gasteiger partial charge in [0.2, 0.25) is 5.91 Å². The van der Waals surface area contributed by atoms with Gasteiger partial charge in [0.05, 0.1) is 40.0 Å². The molecule has 3 amide bonds. The third-order valence-corrected chi connectivity index (χ3v) is 15.2. The zero-order valence-corrected chi connectivity index (χ0v) is 30.3. The van der Waals surface area contributed by atoms with E-state index < -0.39 is 19.8 Å². The van der Waals surface area contributed by atoms with Gasteiger partial charge in [-0.2, -0.15) is 0 Å². The lowest BCUT2D eigenvalue weighted by Crippen LogP contribution is -2.52. The number of carbonyl (C=O) groups is 3. The van der Waals surface area contributed by atoms with E-state index in [2.05, 4.69) is 37.5 Å². The normalized spacial score (nSPS) is 22.3. The number of aliphatic hydroxyl groups is 1. The summed E-state index contributed by atoms with van der Waals surface area (Å²) in [7, 11) is -0.877. The molecule has 11 heteroatoms. The van der Waals surface area contributed by atoms with Crippen LogP contribution in [0.5, 0.6) is 11.5 Å². The van der Waals surface area contributed by atoms with Crippen molar-refractivity contribution < 1.29 is 33.7 Å². The molecule has 0 unspecified atom stereocenters. The number of hydrogen-bond donors (Lipinski definition) is 2. The summed E-state index contributed by atoms with van der Waals surface area (Å²) in [4.78, 5) is 45.2. The highest BCUT2D eigenvalue weighted by Crippen LogP contribution is 2.59. The molecule has 51 heavy (non-hydrogen) atoms. The summed E-state index contributed by atoms with van der Waals surface area (Å²) < 4.78 is 18.2. The lowest BCUT2D eigenvalue weighted by atomic mass is 9.82. The number of fused-ring (bicyclic) bond motifs is 3. The van der Waals surface area contributed by atoms with Crippen LogP contribution in [0.15, 0.2) is 97.1 Å². The molecule has 3 aliphatic heterocycles. The number of benzene rings is 4. The molecule has 4 aromatic carbocycles. The molecule has 0 aromatic heterocycles. The van der Waals surface area contributed by atoms with Crippen LogP contribution in [0.2, 0.25) is 18.6 Å². The van der Waals surface area contributed by atoms with E-state index in [1.807, 2.05) is 84.9 Å². The van der Waals surface area contributed by atoms with Gasteiger partial charge in [-0.05, 0) is 53.6 Å². The number of hydrogen-bond acceptors (Lipinski definition) is 7. The van der Waals surface area contributed by atoms with E-state index >= 15 is 0 Å². The van der Waals surface area contributed by atoms with E-state index in [0.29, 0.717) is 34.9 Å². The molecular formula is C40H43N3O7Si. The molecule has 7 rings (SSSR count). The maximum Gasteiger partial charge on any atom is 0.269 e. The molecule has 10 nitrogen and oxygen atoms in total. The Bertz CT molecular complexity index is 1950. The zero-order chi connectivity index (χ0) is 35.9. The van der Waals surface area contributed by atoms with Crippen LogP contribution >= 0.6 is 0 Å². The Balaban J connectivity index is 1.30. The number of rotatable bonds is 10. The molecule has 1 saturated heterocycles. The fourth-order valence-corrected chi connectivity index (χ4v) is 12.4. The first-order valence-electron chi connectivity index (χ1n) is 17.3. The standard InChI is InChI=1S/C40H43N3O7Si/c1-26-38(51(3,4)30-17-15-29(48-2)16-18-30)35(23-36(45)42(20-21-44)24-27-10-6-5-7-11-27)50-40(26)31-22-28(14-19-32(31)41-39(40)47)43-33-12-8-9-13-34(33)49-25-37(43)46/h5-19,22,26,35,38,44H,20-21,23-25H2,1-4H3,(H,41,47)/t26-,35+,38-,40+/m1/s1. The average Bonchev–Trinajstić information content (AvgIpc) is 3.59. The number of nitrogens with zero attached hydrogens (tertiary/aromatic N) is 2. The first-order chi connectivity index (χ1) is 24.6. The Morgan fingerprint density at radius 1 is 1.02 bits per heavy atom. The molecule has 1 spiro atoms. The molecule has 0 aliphatic carbocycles. The van der Waals surface area contributed by atoms with Gasteiger partial charge in [0.1, 0.15) is 11.5 Å². The third-order valence-electron chi connectivity index (χ3n) is 10.9. The predicted molar refractivity (Wildman–Crippen MR) is 197 cm³/mol. The van der Waals surface area contributed by atoms with Crippen LogP contribution in [-0.2, 0) is 31.3 Å². The molecule has 3 aliphatic rings. The first-order valence-corrected chi connectivity index (χ1v) is 20.4. The first kappa shape index (κ1) is 34.5. The summed E-state index contributed by atoms with van der Waals surface area (Å²) in [5.41, 5.74) is 1.85. The molecule has 0 radical (unpaired) electrons. The minimum absolute atomic E-state index is 0.0355. The monoisotopic (exact) mass is 705 g/mol. The van der Waals surface area contributed by atoms with Gasteiger partial charge in [-0.25, -0.2) is 0 Å². The van der Waals surface area contributed by atoms with Crippen LogP contribution in [0.25, 0.3) is 0 Å². The second kappa shape index (κ2) is 13.6. The van der Waals surface area contributed by atoms with Crippen LogP contribution in [-0.4, -0.2) is 68.8 Å². The molecular weight excluding hydrogens is 663 g/mol. The number of aliphatic hydroxyl groups excluding tert-OH is 1. The molecule has 4 aromatic rings. The van der Waals surface area contributed by atoms with E-state index in [4.69, 9.17) is 14.2 Å². The second-order valence-electron chi connectivity index (χ2n) is 14.1. The van der Waals surface area contributed by atoms with E-state index in [1.54, 1.807) is 16.9 Å². The van der Waals surface area contributed by atoms with Crippen molar-refractivity contribution in [2.24, 2.45) is 5.92 Å². The number of amides is 3. The maximum absolute atomic E-state index is 14.4. The van der Waals surface area contributed by atoms with Gasteiger partial charge in [0.15, 0.2) is 12.2 Å². The molecule has 2 N–H and O–H groups in total. The summed E-state index contributed by atoms with van der Waals surface area (Å²) in [6.07, 6.45) is -0.576. The lowest BCUT2D eigenvalue weighted by Gasteiger charge is -2.37. The summed E-state index contributed by atoms with van der Waals surface area (Å²) in [6, 6.07) is 30.6. The minimum Gasteiger partial charge on any atom is -0.497 e. The van der Waals surface area contributed by atoms with Gasteiger partial charge in [0.25, 0.3) is 11.8 Å². The number of carbonyl (C=O) groups excluding carboxylic acids is 3. The zero-order valence-electron chi connectivity index (χ0n) is 29.3. The number of ether oxygens (including phenoxy) is 3. The topological polar surface area (TPSA) is 118 Å². The third kappa shape index (κ3) is 5.98. The second-order valence-corrected chi connectivity index (χ2v) is 18.7. The molecule has 0 bridgehead atoms. The maximum atomic E-state index is 14.4. The lowest BCUT2D eigenvalue weighted by molar-refractivity contribution is -0.148. The van der Waals surface area contributed by atoms with E-state index in [-0.39, 0.29) is 55.4 Å². The van der Waals surface area contributed by atoms with Crippen molar-refractivity contribution >= 4 is 48.0 Å². The number of nitrogens with one attached hydrogen (secondary N) is 1. The smallest absolute Gasteiger partial charge is 0.269 e. The van der Waals surface area contributed by atoms with E-state index in [0.717, 1.165) is 16.5 Å². The average molecular weight is 706 g/mol. The van der Waals surface area contributed by atoms with Crippen LogP contribution in [0.4, 0.5) is 17.1 Å². The van der Waals surface area contributed by atoms with Crippen LogP contribution < -0.4 is 24.9 Å². The van der Waals surface area contributed by atoms with Crippen LogP contribution in [0.3, 0.4) is 0 Å². The van der Waals surface area contributed by atoms with E-state index in [1.165, 1.54) is 0 Å². The predicted octanol–water partition coefficient (Wildman–Crippen LogP) is 5.33. The molecule has 1 fully saturated rings. The Hall–Kier alpha value is -4.97. The van der Waals surface area contributed by atoms with Crippen molar-refractivity contribution in [2.45, 2.75) is 50.2 Å². The quantitative estimate of drug-likeness (QED) is 0.214. The van der Waals surface area contributed by atoms with Crippen molar-refractivity contribution in [1.29, 1.82) is 0 Å². The Labute approximate surface area is 298 Å². The van der Waals surface area contributed by atoms with Crippen LogP contribution in [0.1, 0.15) is 24.5 Å². The Kier molecular flexibility index (Phi) is 9.21. The van der Waals surface area contributed by atoms with Crippen LogP contribution in [0, 0.1) is 5.92 Å². The molecule has 3 heterocycles. The van der Waals surface area contributed by atoms with Gasteiger partial charge in [-0.3, -0.25) is 19.3 Å². The highest BCUT2D eigenvalue weighted by Gasteiger charge is 2.65. The SMILES string of the molecule is COc1ccc([Si](C)(C)[C@H]2[C@H](CC(=O)N(CCO)Cc3ccccc3)O[C@@]3(C(=O)Nc4ccc(N5C(=O)COc6ccccc65)cc43)[C@@H]2C)cc1. The van der Waals surface area contributed by atoms with Crippen molar-refractivity contribution in [1.82, 2.24) is 4.90 Å². The Morgan fingerprint density at radius 3 is 2.47 bits per heavy atom. The van der Waals surface area contributed by atoms with Gasteiger partial charge in [0, 0.05) is 35.9 Å². The number of para-hydroxylation sites is 2. The van der Waals surface area contributed by atoms with Crippen molar-refractivity contribution in [3.05, 3.63) is 108 Å². The largest absolute Gasteiger partial charge is 0.497 e. The van der Waals surface area contributed by atoms with Crippen molar-refractivity contribution in [3.63, 3.8) is 0 Å². The number of methoxy groups -OCH3 is 1. The minimum atomic E-state index is -2.51. The summed E-state index contributed by atoms with van der Waals surface area (Å²) in [5, 5.41) is 14.2. The highest BCUT2D eigenvalue weighted by molar-refractivity contribution is 6.91. The Morgan fingerprint density at radius 2 is 1.75 bits per heavy atom. The summed E-state index contributed by atoms with van der Waals surface area (Å²) in [6.45, 7) is 6.82. The number of anilines is 3. The summed E-state index contributed by atoms with van der Waals surface area (Å²) >= 11 is 0. The fourth-order valence-electron chi connectivity index (χ4n) is 8.36. The molecule has 264 valence electrons. The van der Waals surface area contributed by atoms with Crippen molar-refractivity contribution in [3.8, 4) is 11.5 Å². The van der Waals surface area contributed by atoms with Gasteiger partial charge >= 0.3 is 0 Å². The van der Waals surface area contributed by atoms with Crippen molar-refractivity contribution in [2.75, 3.05) is 37.1 Å². The van der Waals surface area contributed by atoms with E-state index in [9.17, 15) is 19.5 Å². The highest BCUT2D eigenvalue weighted by atomic mass is 28.3. The fraction of sp³-hybridized carbons (Fsp3) is 0.325. The van der Waals surface area contributed by atoms with Gasteiger partial charge in [-0.15, -0.1) is 0 Å². The van der Waals surface area contributed by atoms with Gasteiger partial charge in [-0.1, -0.05) is 79.8 Å². The molecule has 0 saturated carbocycles. The molecule has 4 atom stereocenters. The summed E-state index contributed by atoms with van der Waals surface area (Å²) in [5.74, 6) is 0.335.